The number of piperidine rings is 1. The van der Waals surface area contributed by atoms with Gasteiger partial charge < -0.3 is 10.6 Å². The first-order valence-electron chi connectivity index (χ1n) is 6.90. The summed E-state index contributed by atoms with van der Waals surface area (Å²) < 4.78 is 0. The first-order valence-corrected chi connectivity index (χ1v) is 8.06. The molecule has 4 heteroatoms. The zero-order valence-corrected chi connectivity index (χ0v) is 12.1. The van der Waals surface area contributed by atoms with E-state index < -0.39 is 0 Å². The van der Waals surface area contributed by atoms with Gasteiger partial charge in [-0.3, -0.25) is 4.90 Å². The van der Waals surface area contributed by atoms with E-state index >= 15 is 0 Å². The smallest absolute Gasteiger partial charge is 0.0255 e. The second-order valence-corrected chi connectivity index (χ2v) is 6.80. The summed E-state index contributed by atoms with van der Waals surface area (Å²) in [5.74, 6) is 3.47. The minimum Gasteiger partial charge on any atom is -0.329 e. The van der Waals surface area contributed by atoms with E-state index in [1.165, 1.54) is 43.9 Å². The number of nitrogens with zero attached hydrogens (tertiary/aromatic N) is 2. The van der Waals surface area contributed by atoms with Crippen molar-refractivity contribution < 1.29 is 0 Å². The van der Waals surface area contributed by atoms with Crippen molar-refractivity contribution in [3.05, 3.63) is 0 Å². The molecule has 0 aromatic carbocycles. The second-order valence-electron chi connectivity index (χ2n) is 5.65. The monoisotopic (exact) mass is 257 g/mol. The lowest BCUT2D eigenvalue weighted by molar-refractivity contribution is 0.0800. The van der Waals surface area contributed by atoms with Crippen LogP contribution in [0.3, 0.4) is 0 Å². The third-order valence-corrected chi connectivity index (χ3v) is 5.64. The second kappa shape index (κ2) is 6.41. The van der Waals surface area contributed by atoms with E-state index in [1.54, 1.807) is 0 Å². The highest BCUT2D eigenvalue weighted by Crippen LogP contribution is 2.29. The Hall–Kier alpha value is 0.230. The van der Waals surface area contributed by atoms with E-state index in [-0.39, 0.29) is 0 Å². The van der Waals surface area contributed by atoms with Gasteiger partial charge in [0.15, 0.2) is 0 Å². The first-order chi connectivity index (χ1) is 8.22. The van der Waals surface area contributed by atoms with E-state index in [1.807, 2.05) is 0 Å². The standard InChI is InChI=1S/C13H27N3S/c1-15-6-3-4-12(9-15)16(2)13(8-14)11-5-7-17-10-11/h11-13H,3-10,14H2,1-2H3. The van der Waals surface area contributed by atoms with Gasteiger partial charge in [0.2, 0.25) is 0 Å². The van der Waals surface area contributed by atoms with Gasteiger partial charge in [-0.05, 0) is 57.3 Å². The number of hydrogen-bond donors (Lipinski definition) is 1. The van der Waals surface area contributed by atoms with Gasteiger partial charge in [0.05, 0.1) is 0 Å². The van der Waals surface area contributed by atoms with Crippen molar-refractivity contribution >= 4 is 11.8 Å². The Kier molecular flexibility index (Phi) is 5.15. The van der Waals surface area contributed by atoms with Gasteiger partial charge in [-0.15, -0.1) is 0 Å². The largest absolute Gasteiger partial charge is 0.329 e. The quantitative estimate of drug-likeness (QED) is 0.817. The lowest BCUT2D eigenvalue weighted by atomic mass is 9.94. The molecule has 3 nitrogen and oxygen atoms in total. The summed E-state index contributed by atoms with van der Waals surface area (Å²) in [5.41, 5.74) is 6.03. The number of hydrogen-bond acceptors (Lipinski definition) is 4. The fraction of sp³-hybridized carbons (Fsp3) is 1.00. The highest BCUT2D eigenvalue weighted by atomic mass is 32.2. The van der Waals surface area contributed by atoms with Crippen LogP contribution in [0.4, 0.5) is 0 Å². The fourth-order valence-electron chi connectivity index (χ4n) is 3.29. The molecule has 3 atom stereocenters. The van der Waals surface area contributed by atoms with Crippen LogP contribution in [-0.2, 0) is 0 Å². The molecule has 0 spiro atoms. The fourth-order valence-corrected chi connectivity index (χ4v) is 4.62. The topological polar surface area (TPSA) is 32.5 Å². The maximum absolute atomic E-state index is 6.03. The summed E-state index contributed by atoms with van der Waals surface area (Å²) in [6.45, 7) is 3.30. The molecular weight excluding hydrogens is 230 g/mol. The first kappa shape index (κ1) is 13.7. The van der Waals surface area contributed by atoms with Gasteiger partial charge >= 0.3 is 0 Å². The molecule has 0 radical (unpaired) electrons. The molecule has 100 valence electrons. The molecule has 0 aliphatic carbocycles. The van der Waals surface area contributed by atoms with Gasteiger partial charge in [0.1, 0.15) is 0 Å². The Bertz CT molecular complexity index is 231. The lowest BCUT2D eigenvalue weighted by Crippen LogP contribution is -2.53. The van der Waals surface area contributed by atoms with Crippen molar-refractivity contribution in [1.82, 2.24) is 9.80 Å². The predicted octanol–water partition coefficient (Wildman–Crippen LogP) is 1.09. The van der Waals surface area contributed by atoms with Crippen LogP contribution in [0, 0.1) is 5.92 Å². The van der Waals surface area contributed by atoms with Crippen LogP contribution in [0.15, 0.2) is 0 Å². The minimum atomic E-state index is 0.599. The van der Waals surface area contributed by atoms with E-state index in [9.17, 15) is 0 Å². The van der Waals surface area contributed by atoms with E-state index in [2.05, 4.69) is 35.7 Å². The highest BCUT2D eigenvalue weighted by molar-refractivity contribution is 7.99. The molecule has 0 aromatic heterocycles. The Labute approximate surface area is 110 Å². The van der Waals surface area contributed by atoms with E-state index in [0.29, 0.717) is 12.1 Å². The summed E-state index contributed by atoms with van der Waals surface area (Å²) in [5, 5.41) is 0. The lowest BCUT2D eigenvalue weighted by Gasteiger charge is -2.41. The maximum Gasteiger partial charge on any atom is 0.0255 e. The summed E-state index contributed by atoms with van der Waals surface area (Å²) in [6.07, 6.45) is 4.04. The van der Waals surface area contributed by atoms with Crippen molar-refractivity contribution in [2.45, 2.75) is 31.3 Å². The van der Waals surface area contributed by atoms with Crippen LogP contribution in [0.5, 0.6) is 0 Å². The number of nitrogens with two attached hydrogens (primary N) is 1. The summed E-state index contributed by atoms with van der Waals surface area (Å²) >= 11 is 2.10. The van der Waals surface area contributed by atoms with Crippen LogP contribution >= 0.6 is 11.8 Å². The van der Waals surface area contributed by atoms with Gasteiger partial charge in [0.25, 0.3) is 0 Å². The van der Waals surface area contributed by atoms with Gasteiger partial charge in [-0.2, -0.15) is 11.8 Å². The van der Waals surface area contributed by atoms with Crippen molar-refractivity contribution in [2.24, 2.45) is 11.7 Å². The molecule has 2 N–H and O–H groups in total. The normalized spacial score (nSPS) is 33.2. The van der Waals surface area contributed by atoms with Crippen LogP contribution in [0.2, 0.25) is 0 Å². The van der Waals surface area contributed by atoms with Crippen molar-refractivity contribution in [2.75, 3.05) is 45.2 Å². The van der Waals surface area contributed by atoms with E-state index in [4.69, 9.17) is 5.73 Å². The zero-order chi connectivity index (χ0) is 12.3. The molecule has 2 aliphatic heterocycles. The molecule has 2 fully saturated rings. The summed E-state index contributed by atoms with van der Waals surface area (Å²) in [7, 11) is 4.53. The predicted molar refractivity (Wildman–Crippen MR) is 76.6 cm³/mol. The van der Waals surface area contributed by atoms with Crippen LogP contribution in [0.25, 0.3) is 0 Å². The molecule has 0 bridgehead atoms. The molecule has 17 heavy (non-hydrogen) atoms. The molecule has 2 heterocycles. The molecule has 2 saturated heterocycles. The minimum absolute atomic E-state index is 0.599. The number of likely N-dealkylation sites (tertiary alicyclic amines) is 1. The molecule has 0 aromatic rings. The van der Waals surface area contributed by atoms with Crippen LogP contribution in [0.1, 0.15) is 19.3 Å². The molecule has 0 amide bonds. The maximum atomic E-state index is 6.03. The van der Waals surface area contributed by atoms with Gasteiger partial charge in [-0.25, -0.2) is 0 Å². The third kappa shape index (κ3) is 3.37. The Morgan fingerprint density at radius 1 is 1.47 bits per heavy atom. The molecule has 3 unspecified atom stereocenters. The van der Waals surface area contributed by atoms with Crippen molar-refractivity contribution in [3.8, 4) is 0 Å². The number of thioether (sulfide) groups is 1. The van der Waals surface area contributed by atoms with Gasteiger partial charge in [-0.1, -0.05) is 0 Å². The SMILES string of the molecule is CN1CCCC(N(C)C(CN)C2CCSC2)C1. The van der Waals surface area contributed by atoms with Crippen molar-refractivity contribution in [3.63, 3.8) is 0 Å². The van der Waals surface area contributed by atoms with E-state index in [0.717, 1.165) is 12.5 Å². The van der Waals surface area contributed by atoms with Crippen LogP contribution in [-0.4, -0.2) is 67.1 Å². The molecule has 0 saturated carbocycles. The van der Waals surface area contributed by atoms with Crippen LogP contribution < -0.4 is 5.73 Å². The molecular formula is C13H27N3S. The van der Waals surface area contributed by atoms with Gasteiger partial charge in [0, 0.05) is 25.2 Å². The highest BCUT2D eigenvalue weighted by Gasteiger charge is 2.32. The Morgan fingerprint density at radius 3 is 2.88 bits per heavy atom. The summed E-state index contributed by atoms with van der Waals surface area (Å²) in [6, 6.07) is 1.31. The zero-order valence-electron chi connectivity index (χ0n) is 11.3. The average Bonchev–Trinajstić information content (AvgIpc) is 2.83. The number of likely N-dealkylation sites (N-methyl/N-ethyl adjacent to an activating group) is 2. The van der Waals surface area contributed by atoms with Crippen molar-refractivity contribution in [1.29, 1.82) is 0 Å². The average molecular weight is 257 g/mol. The Morgan fingerprint density at radius 2 is 2.29 bits per heavy atom. The number of rotatable bonds is 4. The Balaban J connectivity index is 1.93. The third-order valence-electron chi connectivity index (χ3n) is 4.45. The molecule has 2 aliphatic rings. The molecule has 2 rings (SSSR count). The summed E-state index contributed by atoms with van der Waals surface area (Å²) in [4.78, 5) is 5.05.